The van der Waals surface area contributed by atoms with Gasteiger partial charge >= 0.3 is 5.97 Å². The van der Waals surface area contributed by atoms with Gasteiger partial charge in [-0.1, -0.05) is 26.0 Å². The molecule has 0 aromatic heterocycles. The molecule has 120 valence electrons. The number of hydrogen-bond donors (Lipinski definition) is 2. The van der Waals surface area contributed by atoms with Crippen LogP contribution in [0.1, 0.15) is 43.5 Å². The number of aromatic carboxylic acids is 1. The zero-order chi connectivity index (χ0) is 16.1. The third-order valence-electron chi connectivity index (χ3n) is 6.14. The predicted octanol–water partition coefficient (Wildman–Crippen LogP) is 2.68. The molecule has 4 atom stereocenters. The molecule has 0 spiro atoms. The quantitative estimate of drug-likeness (QED) is 0.894. The van der Waals surface area contributed by atoms with Crippen LogP contribution in [0.15, 0.2) is 29.2 Å². The van der Waals surface area contributed by atoms with Crippen LogP contribution in [0, 0.1) is 16.7 Å². The maximum Gasteiger partial charge on any atom is 0.336 e. The van der Waals surface area contributed by atoms with Gasteiger partial charge in [0.15, 0.2) is 0 Å². The van der Waals surface area contributed by atoms with Crippen LogP contribution < -0.4 is 0 Å². The number of rotatable bonds is 4. The molecule has 2 fully saturated rings. The second kappa shape index (κ2) is 5.17. The van der Waals surface area contributed by atoms with Crippen LogP contribution in [0.2, 0.25) is 0 Å². The Labute approximate surface area is 133 Å². The van der Waals surface area contributed by atoms with Gasteiger partial charge in [0.25, 0.3) is 0 Å². The summed E-state index contributed by atoms with van der Waals surface area (Å²) in [5, 5.41) is 19.8. The topological polar surface area (TPSA) is 74.6 Å². The minimum atomic E-state index is -1.43. The molecule has 2 aliphatic carbocycles. The van der Waals surface area contributed by atoms with Gasteiger partial charge < -0.3 is 10.2 Å². The third kappa shape index (κ3) is 2.06. The number of carbonyl (C=O) groups is 1. The molecule has 1 aromatic rings. The Bertz CT molecular complexity index is 639. The summed E-state index contributed by atoms with van der Waals surface area (Å²) < 4.78 is 12.9. The average molecular weight is 322 g/mol. The number of aliphatic hydroxyl groups is 1. The summed E-state index contributed by atoms with van der Waals surface area (Å²) in [7, 11) is -1.43. The van der Waals surface area contributed by atoms with E-state index >= 15 is 0 Å². The Morgan fingerprint density at radius 1 is 1.36 bits per heavy atom. The molecule has 0 heterocycles. The fourth-order valence-electron chi connectivity index (χ4n) is 4.53. The molecule has 3 rings (SSSR count). The predicted molar refractivity (Wildman–Crippen MR) is 84.2 cm³/mol. The molecule has 1 aromatic carbocycles. The van der Waals surface area contributed by atoms with Crippen molar-refractivity contribution < 1.29 is 19.2 Å². The van der Waals surface area contributed by atoms with Crippen molar-refractivity contribution in [2.45, 2.75) is 44.1 Å². The van der Waals surface area contributed by atoms with E-state index in [0.717, 1.165) is 19.3 Å². The molecule has 2 saturated carbocycles. The van der Waals surface area contributed by atoms with Gasteiger partial charge in [-0.05, 0) is 42.7 Å². The molecule has 22 heavy (non-hydrogen) atoms. The maximum absolute atomic E-state index is 12.9. The summed E-state index contributed by atoms with van der Waals surface area (Å²) in [6.07, 6.45) is 2.25. The van der Waals surface area contributed by atoms with E-state index < -0.39 is 22.9 Å². The van der Waals surface area contributed by atoms with E-state index in [9.17, 15) is 19.2 Å². The molecule has 2 aliphatic rings. The van der Waals surface area contributed by atoms with Crippen molar-refractivity contribution in [3.63, 3.8) is 0 Å². The normalized spacial score (nSPS) is 33.8. The van der Waals surface area contributed by atoms with E-state index in [-0.39, 0.29) is 16.4 Å². The highest BCUT2D eigenvalue weighted by molar-refractivity contribution is 7.85. The van der Waals surface area contributed by atoms with Gasteiger partial charge in [-0.3, -0.25) is 4.21 Å². The highest BCUT2D eigenvalue weighted by atomic mass is 32.2. The van der Waals surface area contributed by atoms with Crippen LogP contribution in [-0.2, 0) is 10.8 Å². The number of carboxylic acids is 1. The highest BCUT2D eigenvalue weighted by Gasteiger charge is 2.64. The lowest BCUT2D eigenvalue weighted by Crippen LogP contribution is -2.43. The van der Waals surface area contributed by atoms with Crippen molar-refractivity contribution in [1.29, 1.82) is 0 Å². The lowest BCUT2D eigenvalue weighted by molar-refractivity contribution is 0.0160. The Balaban J connectivity index is 1.94. The van der Waals surface area contributed by atoms with Crippen LogP contribution in [0.5, 0.6) is 0 Å². The van der Waals surface area contributed by atoms with Crippen molar-refractivity contribution in [3.8, 4) is 0 Å². The standard InChI is InChI=1S/C17H22O4S/c1-16(2)11-7-8-17(16,14(18)9-11)10-22(21)13-6-4-3-5-12(13)15(19)20/h3-6,11,14,18H,7-10H2,1-2H3,(H,19,20)/t11-,14+,17-,22?/m1/s1. The van der Waals surface area contributed by atoms with Crippen molar-refractivity contribution in [2.24, 2.45) is 16.7 Å². The number of benzene rings is 1. The van der Waals surface area contributed by atoms with Gasteiger partial charge in [0.1, 0.15) is 0 Å². The van der Waals surface area contributed by atoms with Gasteiger partial charge in [0, 0.05) is 11.2 Å². The Morgan fingerprint density at radius 3 is 2.59 bits per heavy atom. The molecule has 0 radical (unpaired) electrons. The molecule has 0 amide bonds. The smallest absolute Gasteiger partial charge is 0.336 e. The van der Waals surface area contributed by atoms with E-state index in [2.05, 4.69) is 13.8 Å². The first-order valence-corrected chi connectivity index (χ1v) is 9.00. The Hall–Kier alpha value is -1.20. The SMILES string of the molecule is CC1(C)[C@@H]2CC[C@@]1(CS(=O)c1ccccc1C(=O)O)[C@@H](O)C2. The summed E-state index contributed by atoms with van der Waals surface area (Å²) in [6.45, 7) is 4.31. The molecule has 5 heteroatoms. The maximum atomic E-state index is 12.9. The highest BCUT2D eigenvalue weighted by Crippen LogP contribution is 2.66. The molecular formula is C17H22O4S. The van der Waals surface area contributed by atoms with Crippen molar-refractivity contribution in [3.05, 3.63) is 29.8 Å². The van der Waals surface area contributed by atoms with Gasteiger partial charge in [0.2, 0.25) is 0 Å². The summed E-state index contributed by atoms with van der Waals surface area (Å²) in [5.41, 5.74) is -0.328. The first-order chi connectivity index (χ1) is 10.3. The largest absolute Gasteiger partial charge is 0.478 e. The van der Waals surface area contributed by atoms with E-state index in [1.807, 2.05) is 0 Å². The summed E-state index contributed by atoms with van der Waals surface area (Å²) >= 11 is 0. The second-order valence-corrected chi connectivity index (χ2v) is 8.58. The average Bonchev–Trinajstić information content (AvgIpc) is 2.81. The van der Waals surface area contributed by atoms with E-state index in [4.69, 9.17) is 0 Å². The summed E-state index contributed by atoms with van der Waals surface area (Å²) in [4.78, 5) is 11.7. The zero-order valence-corrected chi connectivity index (χ0v) is 13.7. The Kier molecular flexibility index (Phi) is 3.68. The van der Waals surface area contributed by atoms with Crippen molar-refractivity contribution >= 4 is 16.8 Å². The number of carboxylic acid groups (broad SMARTS) is 1. The number of fused-ring (bicyclic) bond motifs is 2. The molecule has 2 bridgehead atoms. The molecular weight excluding hydrogens is 300 g/mol. The number of aliphatic hydroxyl groups excluding tert-OH is 1. The van der Waals surface area contributed by atoms with E-state index in [1.165, 1.54) is 6.07 Å². The van der Waals surface area contributed by atoms with Crippen molar-refractivity contribution in [2.75, 3.05) is 5.75 Å². The Morgan fingerprint density at radius 2 is 2.05 bits per heavy atom. The van der Waals surface area contributed by atoms with Gasteiger partial charge in [-0.25, -0.2) is 4.79 Å². The third-order valence-corrected chi connectivity index (χ3v) is 7.76. The minimum absolute atomic E-state index is 0.0553. The number of hydrogen-bond acceptors (Lipinski definition) is 3. The second-order valence-electron chi connectivity index (χ2n) is 7.16. The van der Waals surface area contributed by atoms with Crippen LogP contribution in [-0.4, -0.2) is 32.2 Å². The van der Waals surface area contributed by atoms with Gasteiger partial charge in [-0.2, -0.15) is 0 Å². The zero-order valence-electron chi connectivity index (χ0n) is 12.9. The van der Waals surface area contributed by atoms with Crippen molar-refractivity contribution in [1.82, 2.24) is 0 Å². The van der Waals surface area contributed by atoms with E-state index in [1.54, 1.807) is 18.2 Å². The first kappa shape index (κ1) is 15.7. The minimum Gasteiger partial charge on any atom is -0.478 e. The summed E-state index contributed by atoms with van der Waals surface area (Å²) in [6, 6.07) is 6.46. The monoisotopic (exact) mass is 322 g/mol. The van der Waals surface area contributed by atoms with Crippen LogP contribution >= 0.6 is 0 Å². The molecule has 1 unspecified atom stereocenters. The fourth-order valence-corrected chi connectivity index (χ4v) is 6.50. The lowest BCUT2D eigenvalue weighted by atomic mass is 9.70. The lowest BCUT2D eigenvalue weighted by Gasteiger charge is -2.40. The molecule has 4 nitrogen and oxygen atoms in total. The molecule has 0 aliphatic heterocycles. The van der Waals surface area contributed by atoms with Crippen LogP contribution in [0.3, 0.4) is 0 Å². The van der Waals surface area contributed by atoms with Gasteiger partial charge in [0.05, 0.1) is 27.4 Å². The molecule has 2 N–H and O–H groups in total. The van der Waals surface area contributed by atoms with E-state index in [0.29, 0.717) is 16.6 Å². The van der Waals surface area contributed by atoms with Crippen LogP contribution in [0.4, 0.5) is 0 Å². The van der Waals surface area contributed by atoms with Gasteiger partial charge in [-0.15, -0.1) is 0 Å². The first-order valence-electron chi connectivity index (χ1n) is 7.68. The molecule has 0 saturated heterocycles. The summed E-state index contributed by atoms with van der Waals surface area (Å²) in [5.74, 6) is -0.256. The fraction of sp³-hybridized carbons (Fsp3) is 0.588. The van der Waals surface area contributed by atoms with Crippen LogP contribution in [0.25, 0.3) is 0 Å².